The summed E-state index contributed by atoms with van der Waals surface area (Å²) in [6, 6.07) is 12.6. The Bertz CT molecular complexity index is 606. The molecule has 2 aromatic rings. The van der Waals surface area contributed by atoms with Crippen LogP contribution in [0.3, 0.4) is 0 Å². The summed E-state index contributed by atoms with van der Waals surface area (Å²) in [5.74, 6) is 0.470. The van der Waals surface area contributed by atoms with E-state index < -0.39 is 31.0 Å². The van der Waals surface area contributed by atoms with Gasteiger partial charge >= 0.3 is 0 Å². The number of aliphatic hydroxyl groups is 5. The van der Waals surface area contributed by atoms with Crippen molar-refractivity contribution < 1.29 is 30.3 Å². The van der Waals surface area contributed by atoms with Crippen LogP contribution in [-0.4, -0.2) is 68.1 Å². The number of nitrogens with zero attached hydrogens (tertiary/aromatic N) is 1. The number of pyridine rings is 1. The predicted octanol–water partition coefficient (Wildman–Crippen LogP) is -0.437. The Morgan fingerprint density at radius 2 is 1.54 bits per heavy atom. The van der Waals surface area contributed by atoms with Crippen molar-refractivity contribution in [3.05, 3.63) is 48.7 Å². The van der Waals surface area contributed by atoms with Crippen LogP contribution in [-0.2, 0) is 0 Å². The number of benzene rings is 1. The third-order valence-corrected chi connectivity index (χ3v) is 3.56. The van der Waals surface area contributed by atoms with Crippen LogP contribution < -0.4 is 4.74 Å². The van der Waals surface area contributed by atoms with Crippen molar-refractivity contribution in [2.75, 3.05) is 13.2 Å². The molecule has 1 aromatic carbocycles. The standard InChI is InChI=1S/C17H21NO6/c19-9-14(20)16(22)17(23)15(21)10-24-12-6-4-11(5-7-12)13-3-1-2-8-18-13/h1-8,14-17,19-23H,9-10H2/t14-,15-,16+,17+/m0/s1. The third kappa shape index (κ3) is 4.73. The molecular weight excluding hydrogens is 314 g/mol. The molecule has 7 nitrogen and oxygen atoms in total. The average molecular weight is 335 g/mol. The lowest BCUT2D eigenvalue weighted by molar-refractivity contribution is -0.121. The molecule has 0 radical (unpaired) electrons. The molecule has 130 valence electrons. The molecular formula is C17H21NO6. The lowest BCUT2D eigenvalue weighted by atomic mass is 10.0. The highest BCUT2D eigenvalue weighted by molar-refractivity contribution is 5.59. The van der Waals surface area contributed by atoms with Crippen molar-refractivity contribution in [1.29, 1.82) is 0 Å². The second-order valence-electron chi connectivity index (χ2n) is 5.35. The lowest BCUT2D eigenvalue weighted by Crippen LogP contribution is -2.47. The lowest BCUT2D eigenvalue weighted by Gasteiger charge is -2.25. The van der Waals surface area contributed by atoms with Crippen LogP contribution in [0.5, 0.6) is 5.75 Å². The van der Waals surface area contributed by atoms with Gasteiger partial charge < -0.3 is 30.3 Å². The molecule has 0 bridgehead atoms. The predicted molar refractivity (Wildman–Crippen MR) is 86.3 cm³/mol. The highest BCUT2D eigenvalue weighted by atomic mass is 16.5. The van der Waals surface area contributed by atoms with Crippen molar-refractivity contribution in [2.45, 2.75) is 24.4 Å². The number of ether oxygens (including phenoxy) is 1. The number of hydrogen-bond acceptors (Lipinski definition) is 7. The van der Waals surface area contributed by atoms with Crippen molar-refractivity contribution >= 4 is 0 Å². The maximum absolute atomic E-state index is 9.79. The highest BCUT2D eigenvalue weighted by Gasteiger charge is 2.30. The smallest absolute Gasteiger partial charge is 0.119 e. The van der Waals surface area contributed by atoms with Crippen LogP contribution in [0.1, 0.15) is 0 Å². The van der Waals surface area contributed by atoms with Crippen LogP contribution in [0, 0.1) is 0 Å². The number of aromatic nitrogens is 1. The average Bonchev–Trinajstić information content (AvgIpc) is 2.65. The molecule has 0 saturated heterocycles. The minimum atomic E-state index is -1.67. The fourth-order valence-electron chi connectivity index (χ4n) is 2.10. The Balaban J connectivity index is 1.90. The fourth-order valence-corrected chi connectivity index (χ4v) is 2.10. The third-order valence-electron chi connectivity index (χ3n) is 3.56. The van der Waals surface area contributed by atoms with E-state index in [-0.39, 0.29) is 6.61 Å². The summed E-state index contributed by atoms with van der Waals surface area (Å²) in [7, 11) is 0. The van der Waals surface area contributed by atoms with Crippen LogP contribution in [0.4, 0.5) is 0 Å². The Morgan fingerprint density at radius 3 is 2.12 bits per heavy atom. The first-order valence-corrected chi connectivity index (χ1v) is 7.50. The van der Waals surface area contributed by atoms with E-state index in [1.165, 1.54) is 0 Å². The summed E-state index contributed by atoms with van der Waals surface area (Å²) in [6.07, 6.45) is -4.56. The summed E-state index contributed by atoms with van der Waals surface area (Å²) < 4.78 is 5.36. The second-order valence-corrected chi connectivity index (χ2v) is 5.35. The Labute approximate surface area is 139 Å². The van der Waals surface area contributed by atoms with Crippen LogP contribution in [0.15, 0.2) is 48.7 Å². The Kier molecular flexibility index (Phi) is 6.65. The molecule has 0 aliphatic rings. The molecule has 0 unspecified atom stereocenters. The zero-order valence-electron chi connectivity index (χ0n) is 12.9. The molecule has 2 rings (SSSR count). The van der Waals surface area contributed by atoms with E-state index in [2.05, 4.69) is 4.98 Å². The molecule has 1 heterocycles. The van der Waals surface area contributed by atoms with Gasteiger partial charge in [0.15, 0.2) is 0 Å². The topological polar surface area (TPSA) is 123 Å². The maximum atomic E-state index is 9.79. The zero-order chi connectivity index (χ0) is 17.5. The molecule has 0 amide bonds. The van der Waals surface area contributed by atoms with Gasteiger partial charge in [0.05, 0.1) is 12.3 Å². The summed E-state index contributed by atoms with van der Waals surface area (Å²) in [6.45, 7) is -1.000. The first kappa shape index (κ1) is 18.3. The van der Waals surface area contributed by atoms with Crippen molar-refractivity contribution in [2.24, 2.45) is 0 Å². The molecule has 0 saturated carbocycles. The number of rotatable bonds is 8. The zero-order valence-corrected chi connectivity index (χ0v) is 12.9. The van der Waals surface area contributed by atoms with Gasteiger partial charge in [-0.2, -0.15) is 0 Å². The van der Waals surface area contributed by atoms with Crippen molar-refractivity contribution in [3.8, 4) is 17.0 Å². The van der Waals surface area contributed by atoms with E-state index in [9.17, 15) is 20.4 Å². The maximum Gasteiger partial charge on any atom is 0.119 e. The van der Waals surface area contributed by atoms with Gasteiger partial charge in [-0.05, 0) is 36.4 Å². The molecule has 5 N–H and O–H groups in total. The van der Waals surface area contributed by atoms with E-state index in [1.54, 1.807) is 18.3 Å². The molecule has 7 heteroatoms. The van der Waals surface area contributed by atoms with E-state index in [0.717, 1.165) is 11.3 Å². The van der Waals surface area contributed by atoms with Crippen LogP contribution in [0.25, 0.3) is 11.3 Å². The van der Waals surface area contributed by atoms with Gasteiger partial charge in [0.1, 0.15) is 36.8 Å². The molecule has 4 atom stereocenters. The number of aliphatic hydroxyl groups excluding tert-OH is 5. The fraction of sp³-hybridized carbons (Fsp3) is 0.353. The molecule has 1 aromatic heterocycles. The van der Waals surface area contributed by atoms with Gasteiger partial charge in [0.25, 0.3) is 0 Å². The summed E-state index contributed by atoms with van der Waals surface area (Å²) in [5.41, 5.74) is 1.73. The summed E-state index contributed by atoms with van der Waals surface area (Å²) in [5, 5.41) is 47.0. The monoisotopic (exact) mass is 335 g/mol. The SMILES string of the molecule is OC[C@H](O)[C@@H](O)[C@H](O)[C@@H](O)COc1ccc(-c2ccccn2)cc1. The van der Waals surface area contributed by atoms with Crippen molar-refractivity contribution in [3.63, 3.8) is 0 Å². The first-order chi connectivity index (χ1) is 11.5. The molecule has 0 aliphatic carbocycles. The van der Waals surface area contributed by atoms with E-state index >= 15 is 0 Å². The minimum absolute atomic E-state index is 0.278. The second kappa shape index (κ2) is 8.72. The number of hydrogen-bond donors (Lipinski definition) is 5. The Morgan fingerprint density at radius 1 is 0.875 bits per heavy atom. The summed E-state index contributed by atoms with van der Waals surface area (Å²) in [4.78, 5) is 4.23. The van der Waals surface area contributed by atoms with E-state index in [0.29, 0.717) is 5.75 Å². The molecule has 0 spiro atoms. The van der Waals surface area contributed by atoms with E-state index in [1.807, 2.05) is 30.3 Å². The van der Waals surface area contributed by atoms with E-state index in [4.69, 9.17) is 9.84 Å². The molecule has 24 heavy (non-hydrogen) atoms. The van der Waals surface area contributed by atoms with Gasteiger partial charge in [0, 0.05) is 11.8 Å². The summed E-state index contributed by atoms with van der Waals surface area (Å²) >= 11 is 0. The minimum Gasteiger partial charge on any atom is -0.491 e. The van der Waals surface area contributed by atoms with Gasteiger partial charge in [-0.3, -0.25) is 4.98 Å². The molecule has 0 fully saturated rings. The normalized spacial score (nSPS) is 16.2. The quantitative estimate of drug-likeness (QED) is 0.443. The largest absolute Gasteiger partial charge is 0.491 e. The van der Waals surface area contributed by atoms with Gasteiger partial charge in [-0.15, -0.1) is 0 Å². The van der Waals surface area contributed by atoms with Crippen LogP contribution in [0.2, 0.25) is 0 Å². The van der Waals surface area contributed by atoms with Crippen molar-refractivity contribution in [1.82, 2.24) is 4.98 Å². The van der Waals surface area contributed by atoms with Crippen LogP contribution >= 0.6 is 0 Å². The first-order valence-electron chi connectivity index (χ1n) is 7.50. The Hall–Kier alpha value is -2.03. The van der Waals surface area contributed by atoms with Gasteiger partial charge in [-0.1, -0.05) is 6.07 Å². The van der Waals surface area contributed by atoms with Gasteiger partial charge in [0.2, 0.25) is 0 Å². The van der Waals surface area contributed by atoms with Gasteiger partial charge in [-0.25, -0.2) is 0 Å². The molecule has 0 aliphatic heterocycles. The highest BCUT2D eigenvalue weighted by Crippen LogP contribution is 2.20.